The highest BCUT2D eigenvalue weighted by Gasteiger charge is 2.70. The van der Waals surface area contributed by atoms with Crippen molar-refractivity contribution < 1.29 is 0 Å². The molecule has 2 bridgehead atoms. The fourth-order valence-electron chi connectivity index (χ4n) is 9.73. The fraction of sp³-hybridized carbons (Fsp3) is 0.353. The summed E-state index contributed by atoms with van der Waals surface area (Å²) in [7, 11) is 0. The van der Waals surface area contributed by atoms with Gasteiger partial charge in [-0.2, -0.15) is 0 Å². The average Bonchev–Trinajstić information content (AvgIpc) is 3.32. The Labute approximate surface area is 229 Å². The third-order valence-corrected chi connectivity index (χ3v) is 12.3. The Balaban J connectivity index is 1.41. The molecule has 0 aromatic heterocycles. The third kappa shape index (κ3) is 2.30. The minimum absolute atomic E-state index is 0.0301. The molecule has 0 aliphatic heterocycles. The Morgan fingerprint density at radius 2 is 1.47 bits per heavy atom. The lowest BCUT2D eigenvalue weighted by Crippen LogP contribution is -2.59. The van der Waals surface area contributed by atoms with E-state index < -0.39 is 0 Å². The lowest BCUT2D eigenvalue weighted by Gasteiger charge is -2.67. The standard InChI is InChI=1S/C34H28Br2/c1-33(2)28-8-7-24-27-11-17-3-4-22(35)10-18(17)12-26(27)19-9-20-13-21-14-30(34(20,21)16-19)31(24)32(28)25-6-5-23(36)15-29(25)33/h3-8,10-12,15,19-21,30H,9,13-14,16H2,1-2H3. The van der Waals surface area contributed by atoms with Crippen LogP contribution in [0.3, 0.4) is 0 Å². The molecule has 0 saturated heterocycles. The molecular formula is C34H28Br2. The minimum atomic E-state index is 0.0301. The van der Waals surface area contributed by atoms with Crippen LogP contribution in [0.4, 0.5) is 0 Å². The van der Waals surface area contributed by atoms with Crippen LogP contribution in [-0.2, 0) is 5.41 Å². The van der Waals surface area contributed by atoms with Gasteiger partial charge in [-0.1, -0.05) is 76.0 Å². The molecule has 5 aliphatic carbocycles. The van der Waals surface area contributed by atoms with E-state index >= 15 is 0 Å². The zero-order valence-electron chi connectivity index (χ0n) is 20.7. The van der Waals surface area contributed by atoms with E-state index in [1.54, 1.807) is 16.7 Å². The van der Waals surface area contributed by atoms with Crippen molar-refractivity contribution in [3.05, 3.63) is 91.9 Å². The molecule has 36 heavy (non-hydrogen) atoms. The number of halogens is 2. The molecule has 0 heterocycles. The molecule has 4 aromatic rings. The second kappa shape index (κ2) is 6.56. The van der Waals surface area contributed by atoms with Crippen LogP contribution in [0.15, 0.2) is 69.6 Å². The van der Waals surface area contributed by atoms with E-state index in [2.05, 4.69) is 106 Å². The van der Waals surface area contributed by atoms with Crippen molar-refractivity contribution >= 4 is 42.6 Å². The van der Waals surface area contributed by atoms with Crippen LogP contribution < -0.4 is 0 Å². The highest BCUT2D eigenvalue weighted by atomic mass is 79.9. The highest BCUT2D eigenvalue weighted by Crippen LogP contribution is 2.81. The second-order valence-corrected chi connectivity index (χ2v) is 14.7. The van der Waals surface area contributed by atoms with E-state index in [4.69, 9.17) is 0 Å². The first-order valence-corrected chi connectivity index (χ1v) is 15.2. The quantitative estimate of drug-likeness (QED) is 0.190. The van der Waals surface area contributed by atoms with E-state index in [-0.39, 0.29) is 5.41 Å². The Morgan fingerprint density at radius 3 is 2.33 bits per heavy atom. The lowest BCUT2D eigenvalue weighted by molar-refractivity contribution is -0.144. The summed E-state index contributed by atoms with van der Waals surface area (Å²) in [6.45, 7) is 4.86. The maximum atomic E-state index is 3.78. The van der Waals surface area contributed by atoms with Crippen LogP contribution in [0.2, 0.25) is 0 Å². The summed E-state index contributed by atoms with van der Waals surface area (Å²) in [5, 5.41) is 2.73. The predicted octanol–water partition coefficient (Wildman–Crippen LogP) is 10.3. The summed E-state index contributed by atoms with van der Waals surface area (Å²) in [6.07, 6.45) is 5.67. The van der Waals surface area contributed by atoms with Crippen LogP contribution in [0.5, 0.6) is 0 Å². The third-order valence-electron chi connectivity index (χ3n) is 11.3. The zero-order valence-corrected chi connectivity index (χ0v) is 23.8. The first kappa shape index (κ1) is 21.1. The van der Waals surface area contributed by atoms with Crippen molar-refractivity contribution in [1.29, 1.82) is 0 Å². The Hall–Kier alpha value is -1.90. The van der Waals surface area contributed by atoms with Crippen molar-refractivity contribution in [1.82, 2.24) is 0 Å². The van der Waals surface area contributed by atoms with Gasteiger partial charge in [0.2, 0.25) is 0 Å². The summed E-state index contributed by atoms with van der Waals surface area (Å²) in [6, 6.07) is 23.9. The molecule has 3 fully saturated rings. The van der Waals surface area contributed by atoms with Crippen LogP contribution in [-0.4, -0.2) is 0 Å². The molecule has 5 unspecified atom stereocenters. The summed E-state index contributed by atoms with van der Waals surface area (Å²) in [4.78, 5) is 0. The van der Waals surface area contributed by atoms with Gasteiger partial charge >= 0.3 is 0 Å². The van der Waals surface area contributed by atoms with Gasteiger partial charge in [0.1, 0.15) is 0 Å². The lowest BCUT2D eigenvalue weighted by atomic mass is 9.36. The first-order chi connectivity index (χ1) is 17.4. The summed E-state index contributed by atoms with van der Waals surface area (Å²) in [5.74, 6) is 3.30. The largest absolute Gasteiger partial charge is 0.0569 e. The van der Waals surface area contributed by atoms with E-state index in [9.17, 15) is 0 Å². The van der Waals surface area contributed by atoms with Gasteiger partial charge in [0.15, 0.2) is 0 Å². The number of fused-ring (bicyclic) bond motifs is 11. The van der Waals surface area contributed by atoms with Crippen molar-refractivity contribution in [2.24, 2.45) is 17.3 Å². The number of hydrogen-bond acceptors (Lipinski definition) is 0. The fourth-order valence-corrected chi connectivity index (χ4v) is 10.5. The monoisotopic (exact) mass is 594 g/mol. The maximum Gasteiger partial charge on any atom is 0.0181 e. The molecule has 5 atom stereocenters. The highest BCUT2D eigenvalue weighted by molar-refractivity contribution is 9.10. The second-order valence-electron chi connectivity index (χ2n) is 12.9. The summed E-state index contributed by atoms with van der Waals surface area (Å²) in [5.41, 5.74) is 13.0. The topological polar surface area (TPSA) is 0 Å². The smallest absolute Gasteiger partial charge is 0.0181 e. The molecule has 1 spiro atoms. The summed E-state index contributed by atoms with van der Waals surface area (Å²) < 4.78 is 2.36. The Morgan fingerprint density at radius 1 is 0.694 bits per heavy atom. The Kier molecular flexibility index (Phi) is 3.84. The first-order valence-electron chi connectivity index (χ1n) is 13.6. The summed E-state index contributed by atoms with van der Waals surface area (Å²) >= 11 is 7.50. The van der Waals surface area contributed by atoms with Gasteiger partial charge in [-0.05, 0) is 140 Å². The van der Waals surface area contributed by atoms with Crippen LogP contribution in [0.1, 0.15) is 73.6 Å². The van der Waals surface area contributed by atoms with Gasteiger partial charge in [0.25, 0.3) is 0 Å². The number of rotatable bonds is 0. The molecule has 178 valence electrons. The van der Waals surface area contributed by atoms with Gasteiger partial charge < -0.3 is 0 Å². The molecular weight excluding hydrogens is 568 g/mol. The van der Waals surface area contributed by atoms with Gasteiger partial charge in [0.05, 0.1) is 0 Å². The van der Waals surface area contributed by atoms with E-state index in [0.717, 1.165) is 17.8 Å². The van der Waals surface area contributed by atoms with Crippen molar-refractivity contribution in [3.8, 4) is 22.3 Å². The van der Waals surface area contributed by atoms with Crippen molar-refractivity contribution in [3.63, 3.8) is 0 Å². The SMILES string of the molecule is CC1(C)c2cc(Br)ccc2-c2c1ccc1c2C2CC3CC4CC(CC432)c2cc3cc(Br)ccc3cc2-1. The molecule has 2 heteroatoms. The van der Waals surface area contributed by atoms with Crippen LogP contribution in [0, 0.1) is 17.3 Å². The van der Waals surface area contributed by atoms with Crippen molar-refractivity contribution in [2.45, 2.75) is 56.8 Å². The molecule has 0 radical (unpaired) electrons. The van der Waals surface area contributed by atoms with Gasteiger partial charge in [-0.15, -0.1) is 0 Å². The predicted molar refractivity (Wildman–Crippen MR) is 156 cm³/mol. The molecule has 9 rings (SSSR count). The maximum absolute atomic E-state index is 3.78. The number of hydrogen-bond donors (Lipinski definition) is 0. The van der Waals surface area contributed by atoms with Crippen LogP contribution in [0.25, 0.3) is 33.0 Å². The molecule has 4 aromatic carbocycles. The van der Waals surface area contributed by atoms with Gasteiger partial charge in [0, 0.05) is 14.4 Å². The van der Waals surface area contributed by atoms with Crippen LogP contribution >= 0.6 is 31.9 Å². The Bertz CT molecular complexity index is 1680. The molecule has 5 aliphatic rings. The average molecular weight is 596 g/mol. The molecule has 3 saturated carbocycles. The van der Waals surface area contributed by atoms with Gasteiger partial charge in [-0.3, -0.25) is 0 Å². The normalized spacial score (nSPS) is 31.2. The zero-order chi connectivity index (χ0) is 24.1. The van der Waals surface area contributed by atoms with Crippen molar-refractivity contribution in [2.75, 3.05) is 0 Å². The number of benzene rings is 4. The van der Waals surface area contributed by atoms with E-state index in [1.807, 2.05) is 0 Å². The van der Waals surface area contributed by atoms with E-state index in [0.29, 0.717) is 11.3 Å². The van der Waals surface area contributed by atoms with Gasteiger partial charge in [-0.25, -0.2) is 0 Å². The minimum Gasteiger partial charge on any atom is -0.0569 e. The molecule has 0 nitrogen and oxygen atoms in total. The molecule has 0 N–H and O–H groups in total. The molecule has 0 amide bonds. The van der Waals surface area contributed by atoms with E-state index in [1.165, 1.54) is 73.2 Å².